The summed E-state index contributed by atoms with van der Waals surface area (Å²) < 4.78 is 10.4. The van der Waals surface area contributed by atoms with Crippen LogP contribution < -0.4 is 0 Å². The maximum absolute atomic E-state index is 5.95. The van der Waals surface area contributed by atoms with Crippen molar-refractivity contribution in [3.63, 3.8) is 0 Å². The average Bonchev–Trinajstić information content (AvgIpc) is 2.47. The van der Waals surface area contributed by atoms with Crippen molar-refractivity contribution in [1.82, 2.24) is 9.97 Å². The summed E-state index contributed by atoms with van der Waals surface area (Å²) in [5.74, 6) is 1.39. The fourth-order valence-electron chi connectivity index (χ4n) is 1.66. The van der Waals surface area contributed by atoms with Crippen molar-refractivity contribution in [2.75, 3.05) is 14.2 Å². The highest BCUT2D eigenvalue weighted by atomic mass is 35.5. The molecule has 0 bridgehead atoms. The summed E-state index contributed by atoms with van der Waals surface area (Å²) in [6, 6.07) is 9.49. The van der Waals surface area contributed by atoms with Crippen molar-refractivity contribution in [2.45, 2.75) is 16.9 Å². The lowest BCUT2D eigenvalue weighted by atomic mass is 10.4. The van der Waals surface area contributed by atoms with E-state index in [-0.39, 0.29) is 0 Å². The van der Waals surface area contributed by atoms with Crippen molar-refractivity contribution < 1.29 is 9.47 Å². The normalized spacial score (nSPS) is 11.0. The highest BCUT2D eigenvalue weighted by molar-refractivity contribution is 7.98. The molecule has 0 N–H and O–H groups in total. The Morgan fingerprint density at radius 3 is 2.75 bits per heavy atom. The van der Waals surface area contributed by atoms with Crippen LogP contribution in [0.1, 0.15) is 17.8 Å². The molecule has 20 heavy (non-hydrogen) atoms. The third kappa shape index (κ3) is 4.18. The number of hydrogen-bond acceptors (Lipinski definition) is 5. The second-order valence-electron chi connectivity index (χ2n) is 3.95. The van der Waals surface area contributed by atoms with Gasteiger partial charge >= 0.3 is 0 Å². The first-order valence-electron chi connectivity index (χ1n) is 5.98. The second kappa shape index (κ2) is 7.59. The highest BCUT2D eigenvalue weighted by Crippen LogP contribution is 2.24. The van der Waals surface area contributed by atoms with Crippen LogP contribution in [0.2, 0.25) is 5.02 Å². The van der Waals surface area contributed by atoms with Gasteiger partial charge in [-0.3, -0.25) is 0 Å². The largest absolute Gasteiger partial charge is 0.350 e. The maximum atomic E-state index is 5.95. The van der Waals surface area contributed by atoms with Crippen LogP contribution in [0.25, 0.3) is 0 Å². The zero-order valence-electron chi connectivity index (χ0n) is 11.2. The third-order valence-corrected chi connectivity index (χ3v) is 3.79. The van der Waals surface area contributed by atoms with Gasteiger partial charge in [0.25, 0.3) is 0 Å². The molecule has 6 heteroatoms. The smallest absolute Gasteiger partial charge is 0.200 e. The first-order chi connectivity index (χ1) is 9.72. The van der Waals surface area contributed by atoms with Crippen LogP contribution in [0.4, 0.5) is 0 Å². The van der Waals surface area contributed by atoms with Gasteiger partial charge in [-0.2, -0.15) is 0 Å². The molecule has 1 aromatic heterocycles. The van der Waals surface area contributed by atoms with E-state index in [1.807, 2.05) is 24.3 Å². The number of rotatable bonds is 6. The Morgan fingerprint density at radius 2 is 2.05 bits per heavy atom. The van der Waals surface area contributed by atoms with Gasteiger partial charge in [-0.15, -0.1) is 11.8 Å². The molecule has 0 fully saturated rings. The zero-order valence-corrected chi connectivity index (χ0v) is 12.8. The summed E-state index contributed by atoms with van der Waals surface area (Å²) in [6.45, 7) is 0. The van der Waals surface area contributed by atoms with Crippen LogP contribution >= 0.6 is 23.4 Å². The van der Waals surface area contributed by atoms with Crippen LogP contribution in [-0.2, 0) is 15.2 Å². The Morgan fingerprint density at radius 1 is 1.25 bits per heavy atom. The van der Waals surface area contributed by atoms with E-state index in [4.69, 9.17) is 21.1 Å². The lowest BCUT2D eigenvalue weighted by molar-refractivity contribution is -0.108. The summed E-state index contributed by atoms with van der Waals surface area (Å²) in [5, 5.41) is 0.725. The molecule has 2 rings (SSSR count). The van der Waals surface area contributed by atoms with E-state index in [1.165, 1.54) is 0 Å². The molecule has 0 unspecified atom stereocenters. The molecule has 4 nitrogen and oxygen atoms in total. The Kier molecular flexibility index (Phi) is 5.79. The molecule has 0 saturated carbocycles. The maximum Gasteiger partial charge on any atom is 0.200 e. The molecule has 2 aromatic rings. The van der Waals surface area contributed by atoms with Gasteiger partial charge in [0.2, 0.25) is 6.29 Å². The second-order valence-corrected chi connectivity index (χ2v) is 5.43. The van der Waals surface area contributed by atoms with E-state index >= 15 is 0 Å². The third-order valence-electron chi connectivity index (χ3n) is 2.56. The molecule has 0 saturated heterocycles. The minimum Gasteiger partial charge on any atom is -0.350 e. The molecule has 1 heterocycles. The number of methoxy groups -OCH3 is 2. The van der Waals surface area contributed by atoms with E-state index in [0.717, 1.165) is 15.7 Å². The predicted molar refractivity (Wildman–Crippen MR) is 79.8 cm³/mol. The molecular weight excluding hydrogens is 296 g/mol. The van der Waals surface area contributed by atoms with Crippen molar-refractivity contribution in [3.05, 3.63) is 53.1 Å². The zero-order chi connectivity index (χ0) is 14.4. The fourth-order valence-corrected chi connectivity index (χ4v) is 2.73. The molecule has 0 aliphatic rings. The van der Waals surface area contributed by atoms with Gasteiger partial charge in [-0.05, 0) is 24.3 Å². The molecule has 0 aliphatic heterocycles. The van der Waals surface area contributed by atoms with Gasteiger partial charge in [0.1, 0.15) is 5.82 Å². The first kappa shape index (κ1) is 15.3. The molecular formula is C14H15ClN2O2S. The standard InChI is InChI=1S/C14H15ClN2O2S/c1-18-14(19-2)12-6-7-16-13(17-12)9-20-11-5-3-4-10(15)8-11/h3-8,14H,9H2,1-2H3. The van der Waals surface area contributed by atoms with E-state index in [0.29, 0.717) is 11.4 Å². The Labute approximate surface area is 127 Å². The number of thioether (sulfide) groups is 1. The molecule has 1 aromatic carbocycles. The number of nitrogens with zero attached hydrogens (tertiary/aromatic N) is 2. The minimum atomic E-state index is -0.465. The van der Waals surface area contributed by atoms with E-state index < -0.39 is 6.29 Å². The summed E-state index contributed by atoms with van der Waals surface area (Å²) in [6.07, 6.45) is 1.24. The van der Waals surface area contributed by atoms with Crippen molar-refractivity contribution in [1.29, 1.82) is 0 Å². The van der Waals surface area contributed by atoms with Gasteiger partial charge in [-0.1, -0.05) is 17.7 Å². The fraction of sp³-hybridized carbons (Fsp3) is 0.286. The molecule has 0 amide bonds. The Bertz CT molecular complexity index is 564. The minimum absolute atomic E-state index is 0.465. The molecule has 0 atom stereocenters. The van der Waals surface area contributed by atoms with Crippen LogP contribution in [0.5, 0.6) is 0 Å². The first-order valence-corrected chi connectivity index (χ1v) is 7.35. The van der Waals surface area contributed by atoms with Crippen molar-refractivity contribution in [2.24, 2.45) is 0 Å². The van der Waals surface area contributed by atoms with Gasteiger partial charge < -0.3 is 9.47 Å². The summed E-state index contributed by atoms with van der Waals surface area (Å²) in [4.78, 5) is 9.77. The van der Waals surface area contributed by atoms with Gasteiger partial charge in [0.15, 0.2) is 0 Å². The Hall–Kier alpha value is -1.14. The number of benzene rings is 1. The predicted octanol–water partition coefficient (Wildman–Crippen LogP) is 3.71. The Balaban J connectivity index is 2.04. The van der Waals surface area contributed by atoms with E-state index in [1.54, 1.807) is 38.2 Å². The molecule has 0 radical (unpaired) electrons. The summed E-state index contributed by atoms with van der Waals surface area (Å²) >= 11 is 7.59. The monoisotopic (exact) mass is 310 g/mol. The van der Waals surface area contributed by atoms with Crippen molar-refractivity contribution >= 4 is 23.4 Å². The van der Waals surface area contributed by atoms with Crippen molar-refractivity contribution in [3.8, 4) is 0 Å². The molecule has 0 aliphatic carbocycles. The van der Waals surface area contributed by atoms with E-state index in [2.05, 4.69) is 9.97 Å². The summed E-state index contributed by atoms with van der Waals surface area (Å²) in [7, 11) is 3.16. The number of halogens is 1. The number of hydrogen-bond donors (Lipinski definition) is 0. The lowest BCUT2D eigenvalue weighted by Crippen LogP contribution is -2.08. The van der Waals surface area contributed by atoms with Gasteiger partial charge in [0, 0.05) is 30.3 Å². The van der Waals surface area contributed by atoms with Crippen LogP contribution in [0.15, 0.2) is 41.4 Å². The SMILES string of the molecule is COC(OC)c1ccnc(CSc2cccc(Cl)c2)n1. The van der Waals surface area contributed by atoms with E-state index in [9.17, 15) is 0 Å². The molecule has 106 valence electrons. The number of aromatic nitrogens is 2. The number of ether oxygens (including phenoxy) is 2. The molecule has 0 spiro atoms. The highest BCUT2D eigenvalue weighted by Gasteiger charge is 2.11. The average molecular weight is 311 g/mol. The summed E-state index contributed by atoms with van der Waals surface area (Å²) in [5.41, 5.74) is 0.715. The lowest BCUT2D eigenvalue weighted by Gasteiger charge is -2.12. The van der Waals surface area contributed by atoms with Gasteiger partial charge in [0.05, 0.1) is 11.4 Å². The van der Waals surface area contributed by atoms with Crippen LogP contribution in [0.3, 0.4) is 0 Å². The quantitative estimate of drug-likeness (QED) is 0.601. The van der Waals surface area contributed by atoms with Crippen LogP contribution in [-0.4, -0.2) is 24.2 Å². The van der Waals surface area contributed by atoms with Gasteiger partial charge in [-0.25, -0.2) is 9.97 Å². The van der Waals surface area contributed by atoms with Crippen LogP contribution in [0, 0.1) is 0 Å². The topological polar surface area (TPSA) is 44.2 Å².